The van der Waals surface area contributed by atoms with E-state index in [0.717, 1.165) is 46.8 Å². The molecule has 0 aliphatic carbocycles. The van der Waals surface area contributed by atoms with Gasteiger partial charge in [-0.15, -0.1) is 0 Å². The van der Waals surface area contributed by atoms with Crippen LogP contribution in [-0.4, -0.2) is 53.6 Å². The number of carbonyl (C=O) groups excluding carboxylic acids is 1. The summed E-state index contributed by atoms with van der Waals surface area (Å²) in [5.41, 5.74) is 3.06. The first kappa shape index (κ1) is 18.5. The Bertz CT molecular complexity index is 1230. The van der Waals surface area contributed by atoms with Crippen LogP contribution in [0.3, 0.4) is 0 Å². The van der Waals surface area contributed by atoms with Gasteiger partial charge in [0.05, 0.1) is 5.52 Å². The molecule has 4 aromatic rings. The van der Waals surface area contributed by atoms with Gasteiger partial charge >= 0.3 is 0 Å². The lowest BCUT2D eigenvalue weighted by atomic mass is 9.96. The van der Waals surface area contributed by atoms with E-state index in [9.17, 15) is 4.79 Å². The Kier molecular flexibility index (Phi) is 4.54. The summed E-state index contributed by atoms with van der Waals surface area (Å²) in [5, 5.41) is 8.09. The summed E-state index contributed by atoms with van der Waals surface area (Å²) in [6.07, 6.45) is 5.53. The van der Waals surface area contributed by atoms with Gasteiger partial charge in [0.1, 0.15) is 11.5 Å². The first-order valence-electron chi connectivity index (χ1n) is 10.2. The fraction of sp³-hybridized carbons (Fsp3) is 0.318. The number of piperidine rings is 1. The van der Waals surface area contributed by atoms with Crippen molar-refractivity contribution in [3.63, 3.8) is 0 Å². The standard InChI is InChI=1S/C22H23N7O/c1-14-12-18(21-23-9-11-28(21)2)25-20(24-14)15-6-5-10-29(13-15)22(30)19-16-7-3-4-8-17(16)26-27-19/h3-4,7-9,11-12,15H,5-6,10,13H2,1-2H3,(H,26,27)/t15-/m0/s1. The van der Waals surface area contributed by atoms with Gasteiger partial charge in [-0.3, -0.25) is 9.89 Å². The third kappa shape index (κ3) is 3.24. The summed E-state index contributed by atoms with van der Waals surface area (Å²) < 4.78 is 1.95. The number of amides is 1. The van der Waals surface area contributed by atoms with Crippen molar-refractivity contribution in [1.29, 1.82) is 0 Å². The van der Waals surface area contributed by atoms with E-state index >= 15 is 0 Å². The topological polar surface area (TPSA) is 92.6 Å². The third-order valence-electron chi connectivity index (χ3n) is 5.67. The molecule has 152 valence electrons. The zero-order valence-electron chi connectivity index (χ0n) is 17.0. The number of hydrogen-bond acceptors (Lipinski definition) is 5. The minimum Gasteiger partial charge on any atom is -0.337 e. The first-order chi connectivity index (χ1) is 14.6. The lowest BCUT2D eigenvalue weighted by Gasteiger charge is -2.31. The number of aromatic amines is 1. The highest BCUT2D eigenvalue weighted by Gasteiger charge is 2.29. The molecule has 0 saturated carbocycles. The highest BCUT2D eigenvalue weighted by molar-refractivity contribution is 6.04. The van der Waals surface area contributed by atoms with Gasteiger partial charge < -0.3 is 9.47 Å². The Morgan fingerprint density at radius 1 is 1.23 bits per heavy atom. The molecule has 0 radical (unpaired) electrons. The predicted molar refractivity (Wildman–Crippen MR) is 113 cm³/mol. The number of rotatable bonds is 3. The number of hydrogen-bond donors (Lipinski definition) is 1. The third-order valence-corrected chi connectivity index (χ3v) is 5.67. The zero-order chi connectivity index (χ0) is 20.7. The van der Waals surface area contributed by atoms with Crippen molar-refractivity contribution in [2.24, 2.45) is 7.05 Å². The van der Waals surface area contributed by atoms with Crippen molar-refractivity contribution in [2.45, 2.75) is 25.7 Å². The summed E-state index contributed by atoms with van der Waals surface area (Å²) >= 11 is 0. The molecule has 0 unspecified atom stereocenters. The van der Waals surface area contributed by atoms with Crippen molar-refractivity contribution in [3.05, 3.63) is 59.9 Å². The molecule has 1 atom stereocenters. The molecule has 1 N–H and O–H groups in total. The molecule has 1 amide bonds. The molecule has 0 spiro atoms. The maximum Gasteiger partial charge on any atom is 0.275 e. The van der Waals surface area contributed by atoms with Crippen LogP contribution < -0.4 is 0 Å². The van der Waals surface area contributed by atoms with Gasteiger partial charge in [-0.25, -0.2) is 15.0 Å². The van der Waals surface area contributed by atoms with E-state index in [1.54, 1.807) is 6.20 Å². The fourth-order valence-electron chi connectivity index (χ4n) is 4.15. The van der Waals surface area contributed by atoms with Crippen LogP contribution in [0.1, 0.15) is 40.8 Å². The van der Waals surface area contributed by atoms with Crippen LogP contribution in [0.2, 0.25) is 0 Å². The normalized spacial score (nSPS) is 16.9. The molecular formula is C22H23N7O. The second-order valence-electron chi connectivity index (χ2n) is 7.82. The smallest absolute Gasteiger partial charge is 0.275 e. The Hall–Kier alpha value is -3.55. The Labute approximate surface area is 174 Å². The molecule has 1 aliphatic heterocycles. The highest BCUT2D eigenvalue weighted by atomic mass is 16.2. The van der Waals surface area contributed by atoms with E-state index in [1.165, 1.54) is 0 Å². The number of benzene rings is 1. The van der Waals surface area contributed by atoms with Crippen molar-refractivity contribution in [3.8, 4) is 11.5 Å². The molecule has 5 rings (SSSR count). The van der Waals surface area contributed by atoms with Gasteiger partial charge in [0.15, 0.2) is 11.5 Å². The summed E-state index contributed by atoms with van der Waals surface area (Å²) in [4.78, 5) is 29.0. The SMILES string of the molecule is Cc1cc(-c2nccn2C)nc([C@H]2CCCN(C(=O)c3n[nH]c4ccccc34)C2)n1. The Morgan fingerprint density at radius 2 is 2.10 bits per heavy atom. The number of likely N-dealkylation sites (tertiary alicyclic amines) is 1. The molecule has 1 aromatic carbocycles. The number of H-pyrrole nitrogens is 1. The van der Waals surface area contributed by atoms with E-state index in [-0.39, 0.29) is 11.8 Å². The lowest BCUT2D eigenvalue weighted by Crippen LogP contribution is -2.39. The van der Waals surface area contributed by atoms with E-state index in [2.05, 4.69) is 15.2 Å². The van der Waals surface area contributed by atoms with E-state index in [0.29, 0.717) is 18.8 Å². The number of aromatic nitrogens is 6. The molecule has 8 heteroatoms. The molecule has 3 aromatic heterocycles. The first-order valence-corrected chi connectivity index (χ1v) is 10.2. The second-order valence-corrected chi connectivity index (χ2v) is 7.82. The maximum absolute atomic E-state index is 13.2. The van der Waals surface area contributed by atoms with Gasteiger partial charge in [0.25, 0.3) is 5.91 Å². The molecule has 1 saturated heterocycles. The molecule has 0 bridgehead atoms. The summed E-state index contributed by atoms with van der Waals surface area (Å²) in [6.45, 7) is 3.28. The average molecular weight is 401 g/mol. The number of imidazole rings is 1. The molecule has 1 fully saturated rings. The van der Waals surface area contributed by atoms with E-state index in [4.69, 9.17) is 9.97 Å². The van der Waals surface area contributed by atoms with Gasteiger partial charge in [-0.05, 0) is 31.9 Å². The molecule has 4 heterocycles. The Balaban J connectivity index is 1.42. The van der Waals surface area contributed by atoms with Crippen LogP contribution in [0, 0.1) is 6.92 Å². The summed E-state index contributed by atoms with van der Waals surface area (Å²) in [6, 6.07) is 9.66. The van der Waals surface area contributed by atoms with Gasteiger partial charge in [0.2, 0.25) is 0 Å². The molecule has 8 nitrogen and oxygen atoms in total. The molecule has 30 heavy (non-hydrogen) atoms. The Morgan fingerprint density at radius 3 is 2.93 bits per heavy atom. The van der Waals surface area contributed by atoms with Crippen molar-refractivity contribution in [1.82, 2.24) is 34.6 Å². The maximum atomic E-state index is 13.2. The van der Waals surface area contributed by atoms with E-state index in [1.807, 2.05) is 60.0 Å². The molecular weight excluding hydrogens is 378 g/mol. The van der Waals surface area contributed by atoms with Gasteiger partial charge in [0, 0.05) is 49.5 Å². The minimum absolute atomic E-state index is 0.0471. The molecule has 1 aliphatic rings. The van der Waals surface area contributed by atoms with Crippen LogP contribution in [0.5, 0.6) is 0 Å². The monoisotopic (exact) mass is 401 g/mol. The van der Waals surface area contributed by atoms with Crippen molar-refractivity contribution >= 4 is 16.8 Å². The minimum atomic E-state index is -0.0471. The fourth-order valence-corrected chi connectivity index (χ4v) is 4.15. The predicted octanol–water partition coefficient (Wildman–Crippen LogP) is 3.08. The van der Waals surface area contributed by atoms with Crippen LogP contribution in [0.25, 0.3) is 22.4 Å². The number of fused-ring (bicyclic) bond motifs is 1. The summed E-state index contributed by atoms with van der Waals surface area (Å²) in [7, 11) is 1.95. The van der Waals surface area contributed by atoms with Gasteiger partial charge in [-0.1, -0.05) is 18.2 Å². The van der Waals surface area contributed by atoms with Crippen LogP contribution >= 0.6 is 0 Å². The highest BCUT2D eigenvalue weighted by Crippen LogP contribution is 2.28. The number of aryl methyl sites for hydroxylation is 2. The number of nitrogens with zero attached hydrogens (tertiary/aromatic N) is 6. The number of para-hydroxylation sites is 1. The zero-order valence-corrected chi connectivity index (χ0v) is 17.0. The van der Waals surface area contributed by atoms with Crippen molar-refractivity contribution in [2.75, 3.05) is 13.1 Å². The van der Waals surface area contributed by atoms with Gasteiger partial charge in [-0.2, -0.15) is 5.10 Å². The lowest BCUT2D eigenvalue weighted by molar-refractivity contribution is 0.0700. The number of nitrogens with one attached hydrogen (secondary N) is 1. The quantitative estimate of drug-likeness (QED) is 0.569. The van der Waals surface area contributed by atoms with E-state index < -0.39 is 0 Å². The summed E-state index contributed by atoms with van der Waals surface area (Å²) in [5.74, 6) is 1.63. The largest absolute Gasteiger partial charge is 0.337 e. The average Bonchev–Trinajstić information content (AvgIpc) is 3.39. The van der Waals surface area contributed by atoms with Crippen molar-refractivity contribution < 1.29 is 4.79 Å². The second kappa shape index (κ2) is 7.37. The van der Waals surface area contributed by atoms with Crippen LogP contribution in [-0.2, 0) is 7.05 Å². The number of carbonyl (C=O) groups is 1. The van der Waals surface area contributed by atoms with Crippen LogP contribution in [0.15, 0.2) is 42.7 Å². The van der Waals surface area contributed by atoms with Crippen LogP contribution in [0.4, 0.5) is 0 Å².